The van der Waals surface area contributed by atoms with Crippen LogP contribution >= 0.6 is 39.1 Å². The van der Waals surface area contributed by atoms with Crippen LogP contribution in [0.4, 0.5) is 0 Å². The van der Waals surface area contributed by atoms with Gasteiger partial charge in [-0.05, 0) is 48.0 Å². The highest BCUT2D eigenvalue weighted by atomic mass is 79.9. The zero-order valence-corrected chi connectivity index (χ0v) is 14.9. The highest BCUT2D eigenvalue weighted by Crippen LogP contribution is 2.34. The smallest absolute Gasteiger partial charge is 0.137 e. The van der Waals surface area contributed by atoms with Gasteiger partial charge in [0.1, 0.15) is 5.75 Å². The lowest BCUT2D eigenvalue weighted by Gasteiger charge is -2.21. The molecular weight excluding hydrogens is 373 g/mol. The Hall–Kier alpha value is -0.740. The van der Waals surface area contributed by atoms with Crippen LogP contribution in [0.15, 0.2) is 40.9 Å². The third kappa shape index (κ3) is 3.92. The molecule has 0 aromatic heterocycles. The summed E-state index contributed by atoms with van der Waals surface area (Å²) in [5.41, 5.74) is 2.07. The van der Waals surface area contributed by atoms with E-state index < -0.39 is 0 Å². The van der Waals surface area contributed by atoms with Gasteiger partial charge in [-0.3, -0.25) is 0 Å². The van der Waals surface area contributed by atoms with Gasteiger partial charge in [-0.1, -0.05) is 52.1 Å². The fourth-order valence-corrected chi connectivity index (χ4v) is 3.00. The van der Waals surface area contributed by atoms with Crippen molar-refractivity contribution in [2.45, 2.75) is 13.0 Å². The molecule has 0 saturated heterocycles. The lowest BCUT2D eigenvalue weighted by Crippen LogP contribution is -2.22. The summed E-state index contributed by atoms with van der Waals surface area (Å²) in [6, 6.07) is 11.6. The van der Waals surface area contributed by atoms with Crippen LogP contribution in [0.25, 0.3) is 0 Å². The minimum Gasteiger partial charge on any atom is -0.495 e. The summed E-state index contributed by atoms with van der Waals surface area (Å²) < 4.78 is 6.29. The maximum Gasteiger partial charge on any atom is 0.137 e. The SMILES string of the molecule is CCNC(c1ccc(Cl)c(OC)c1)c1cc(Br)ccc1Cl. The zero-order valence-electron chi connectivity index (χ0n) is 11.8. The van der Waals surface area contributed by atoms with Crippen LogP contribution in [-0.2, 0) is 0 Å². The summed E-state index contributed by atoms with van der Waals surface area (Å²) in [6.07, 6.45) is 0. The van der Waals surface area contributed by atoms with Gasteiger partial charge in [-0.15, -0.1) is 0 Å². The minimum atomic E-state index is -0.0221. The van der Waals surface area contributed by atoms with Gasteiger partial charge in [0.15, 0.2) is 0 Å². The van der Waals surface area contributed by atoms with Gasteiger partial charge in [-0.2, -0.15) is 0 Å². The van der Waals surface area contributed by atoms with E-state index in [9.17, 15) is 0 Å². The summed E-state index contributed by atoms with van der Waals surface area (Å²) in [4.78, 5) is 0. The van der Waals surface area contributed by atoms with Crippen molar-refractivity contribution >= 4 is 39.1 Å². The molecule has 5 heteroatoms. The quantitative estimate of drug-likeness (QED) is 0.733. The Morgan fingerprint density at radius 3 is 2.52 bits per heavy atom. The van der Waals surface area contributed by atoms with E-state index in [-0.39, 0.29) is 6.04 Å². The molecule has 0 aliphatic carbocycles. The molecule has 0 saturated carbocycles. The van der Waals surface area contributed by atoms with Crippen LogP contribution in [0.1, 0.15) is 24.1 Å². The molecule has 0 radical (unpaired) electrons. The number of ether oxygens (including phenoxy) is 1. The molecule has 0 bridgehead atoms. The number of methoxy groups -OCH3 is 1. The zero-order chi connectivity index (χ0) is 15.4. The van der Waals surface area contributed by atoms with E-state index in [0.29, 0.717) is 10.8 Å². The summed E-state index contributed by atoms with van der Waals surface area (Å²) in [5, 5.41) is 4.76. The first-order valence-electron chi connectivity index (χ1n) is 6.58. The summed E-state index contributed by atoms with van der Waals surface area (Å²) >= 11 is 16.0. The van der Waals surface area contributed by atoms with Crippen LogP contribution < -0.4 is 10.1 Å². The molecule has 1 N–H and O–H groups in total. The Labute approximate surface area is 143 Å². The van der Waals surface area contributed by atoms with E-state index in [4.69, 9.17) is 27.9 Å². The molecule has 0 aliphatic rings. The first-order valence-corrected chi connectivity index (χ1v) is 8.13. The van der Waals surface area contributed by atoms with Gasteiger partial charge in [0.25, 0.3) is 0 Å². The van der Waals surface area contributed by atoms with Crippen molar-refractivity contribution in [3.63, 3.8) is 0 Å². The van der Waals surface area contributed by atoms with Gasteiger partial charge in [-0.25, -0.2) is 0 Å². The molecular formula is C16H16BrCl2NO. The molecule has 0 spiro atoms. The number of hydrogen-bond donors (Lipinski definition) is 1. The maximum absolute atomic E-state index is 6.36. The largest absolute Gasteiger partial charge is 0.495 e. The van der Waals surface area contributed by atoms with Gasteiger partial charge >= 0.3 is 0 Å². The number of halogens is 3. The van der Waals surface area contributed by atoms with Crippen LogP contribution in [0.5, 0.6) is 5.75 Å². The highest BCUT2D eigenvalue weighted by Gasteiger charge is 2.18. The van der Waals surface area contributed by atoms with Crippen LogP contribution in [0.2, 0.25) is 10.0 Å². The average molecular weight is 389 g/mol. The number of nitrogens with one attached hydrogen (secondary N) is 1. The normalized spacial score (nSPS) is 12.2. The van der Waals surface area contributed by atoms with Crippen LogP contribution in [0.3, 0.4) is 0 Å². The molecule has 0 heterocycles. The molecule has 2 rings (SSSR count). The van der Waals surface area contributed by atoms with Crippen LogP contribution in [0, 0.1) is 0 Å². The third-order valence-electron chi connectivity index (χ3n) is 3.19. The van der Waals surface area contributed by atoms with Crippen molar-refractivity contribution in [1.29, 1.82) is 0 Å². The van der Waals surface area contributed by atoms with Gasteiger partial charge in [0.2, 0.25) is 0 Å². The molecule has 0 amide bonds. The molecule has 2 aromatic carbocycles. The van der Waals surface area contributed by atoms with Crippen molar-refractivity contribution in [2.24, 2.45) is 0 Å². The Balaban J connectivity index is 2.50. The van der Waals surface area contributed by atoms with E-state index in [2.05, 4.69) is 28.2 Å². The Kier molecular flexibility index (Phi) is 5.94. The summed E-state index contributed by atoms with van der Waals surface area (Å²) in [5.74, 6) is 0.656. The number of benzene rings is 2. The van der Waals surface area contributed by atoms with Crippen molar-refractivity contribution in [3.8, 4) is 5.75 Å². The lowest BCUT2D eigenvalue weighted by molar-refractivity contribution is 0.414. The Bertz CT molecular complexity index is 634. The number of rotatable bonds is 5. The predicted molar refractivity (Wildman–Crippen MR) is 92.7 cm³/mol. The molecule has 1 unspecified atom stereocenters. The number of hydrogen-bond acceptors (Lipinski definition) is 2. The fraction of sp³-hybridized carbons (Fsp3) is 0.250. The molecule has 112 valence electrons. The first kappa shape index (κ1) is 16.6. The second kappa shape index (κ2) is 7.50. The topological polar surface area (TPSA) is 21.3 Å². The van der Waals surface area contributed by atoms with Crippen molar-refractivity contribution < 1.29 is 4.74 Å². The van der Waals surface area contributed by atoms with E-state index in [0.717, 1.165) is 27.2 Å². The van der Waals surface area contributed by atoms with Gasteiger partial charge in [0, 0.05) is 9.50 Å². The Morgan fingerprint density at radius 2 is 1.86 bits per heavy atom. The fourth-order valence-electron chi connectivity index (χ4n) is 2.20. The standard InChI is InChI=1S/C16H16BrCl2NO/c1-3-20-16(12-9-11(17)5-7-13(12)18)10-4-6-14(19)15(8-10)21-2/h4-9,16,20H,3H2,1-2H3. The van der Waals surface area contributed by atoms with Crippen LogP contribution in [-0.4, -0.2) is 13.7 Å². The summed E-state index contributed by atoms with van der Waals surface area (Å²) in [7, 11) is 1.61. The molecule has 0 fully saturated rings. The van der Waals surface area contributed by atoms with Crippen molar-refractivity contribution in [3.05, 3.63) is 62.0 Å². The average Bonchev–Trinajstić information content (AvgIpc) is 2.48. The monoisotopic (exact) mass is 387 g/mol. The predicted octanol–water partition coefficient (Wildman–Crippen LogP) is 5.46. The lowest BCUT2D eigenvalue weighted by atomic mass is 9.98. The van der Waals surface area contributed by atoms with E-state index in [1.807, 2.05) is 36.4 Å². The molecule has 21 heavy (non-hydrogen) atoms. The molecule has 1 atom stereocenters. The Morgan fingerprint density at radius 1 is 1.14 bits per heavy atom. The molecule has 2 aromatic rings. The highest BCUT2D eigenvalue weighted by molar-refractivity contribution is 9.10. The first-order chi connectivity index (χ1) is 10.1. The van der Waals surface area contributed by atoms with Crippen molar-refractivity contribution in [1.82, 2.24) is 5.32 Å². The second-order valence-electron chi connectivity index (χ2n) is 4.55. The third-order valence-corrected chi connectivity index (χ3v) is 4.34. The maximum atomic E-state index is 6.36. The molecule has 0 aliphatic heterocycles. The summed E-state index contributed by atoms with van der Waals surface area (Å²) in [6.45, 7) is 2.88. The minimum absolute atomic E-state index is 0.0221. The van der Waals surface area contributed by atoms with E-state index in [1.54, 1.807) is 7.11 Å². The second-order valence-corrected chi connectivity index (χ2v) is 6.28. The van der Waals surface area contributed by atoms with E-state index in [1.165, 1.54) is 0 Å². The molecule has 2 nitrogen and oxygen atoms in total. The van der Waals surface area contributed by atoms with Gasteiger partial charge in [0.05, 0.1) is 18.2 Å². The van der Waals surface area contributed by atoms with Gasteiger partial charge < -0.3 is 10.1 Å². The van der Waals surface area contributed by atoms with Crippen molar-refractivity contribution in [2.75, 3.05) is 13.7 Å². The van der Waals surface area contributed by atoms with E-state index >= 15 is 0 Å².